The van der Waals surface area contributed by atoms with Crippen LogP contribution in [0.15, 0.2) is 42.5 Å². The summed E-state index contributed by atoms with van der Waals surface area (Å²) in [6, 6.07) is 12.6. The number of hydroxylamine groups is 1. The SMILES string of the molecule is COc1ccc(C2C3C(=O)N(C)C(=O)C3ON2c2ccccc2C)c(OC)c1. The number of ether oxygens (including phenoxy) is 2. The lowest BCUT2D eigenvalue weighted by molar-refractivity contribution is -0.141. The number of carbonyl (C=O) groups is 2. The number of hydrogen-bond donors (Lipinski definition) is 0. The zero-order chi connectivity index (χ0) is 20.0. The molecule has 0 aliphatic carbocycles. The van der Waals surface area contributed by atoms with Gasteiger partial charge in [-0.3, -0.25) is 19.3 Å². The van der Waals surface area contributed by atoms with E-state index in [1.54, 1.807) is 25.3 Å². The first-order valence-corrected chi connectivity index (χ1v) is 9.03. The summed E-state index contributed by atoms with van der Waals surface area (Å²) < 4.78 is 10.9. The smallest absolute Gasteiger partial charge is 0.261 e. The molecule has 7 heteroatoms. The summed E-state index contributed by atoms with van der Waals surface area (Å²) in [6.45, 7) is 1.96. The maximum absolute atomic E-state index is 12.9. The molecule has 7 nitrogen and oxygen atoms in total. The summed E-state index contributed by atoms with van der Waals surface area (Å²) in [6.07, 6.45) is -0.853. The van der Waals surface area contributed by atoms with Crippen LogP contribution in [0.4, 0.5) is 5.69 Å². The quantitative estimate of drug-likeness (QED) is 0.757. The number of amides is 2. The molecule has 28 heavy (non-hydrogen) atoms. The Hall–Kier alpha value is -3.06. The molecule has 0 saturated carbocycles. The molecule has 2 saturated heterocycles. The highest BCUT2D eigenvalue weighted by atomic mass is 16.7. The van der Waals surface area contributed by atoms with Gasteiger partial charge in [-0.05, 0) is 30.7 Å². The Bertz CT molecular complexity index is 944. The van der Waals surface area contributed by atoms with Crippen molar-refractivity contribution in [3.63, 3.8) is 0 Å². The highest BCUT2D eigenvalue weighted by Gasteiger charge is 2.59. The fourth-order valence-electron chi connectivity index (χ4n) is 3.95. The molecule has 0 radical (unpaired) electrons. The number of likely N-dealkylation sites (tertiary alicyclic amines) is 1. The number of fused-ring (bicyclic) bond motifs is 1. The van der Waals surface area contributed by atoms with Crippen LogP contribution in [0.3, 0.4) is 0 Å². The number of anilines is 1. The van der Waals surface area contributed by atoms with Crippen molar-refractivity contribution in [2.24, 2.45) is 5.92 Å². The number of rotatable bonds is 4. The van der Waals surface area contributed by atoms with Crippen LogP contribution in [0.1, 0.15) is 17.2 Å². The Kier molecular flexibility index (Phi) is 4.47. The van der Waals surface area contributed by atoms with E-state index in [0.717, 1.165) is 21.7 Å². The van der Waals surface area contributed by atoms with E-state index in [0.29, 0.717) is 11.5 Å². The summed E-state index contributed by atoms with van der Waals surface area (Å²) in [5.41, 5.74) is 2.55. The Morgan fingerprint density at radius 2 is 1.75 bits per heavy atom. The predicted octanol–water partition coefficient (Wildman–Crippen LogP) is 2.49. The van der Waals surface area contributed by atoms with E-state index < -0.39 is 18.1 Å². The number of hydrogen-bond acceptors (Lipinski definition) is 6. The summed E-state index contributed by atoms with van der Waals surface area (Å²) in [4.78, 5) is 32.7. The average molecular weight is 382 g/mol. The third-order valence-electron chi connectivity index (χ3n) is 5.45. The first kappa shape index (κ1) is 18.3. The summed E-state index contributed by atoms with van der Waals surface area (Å²) in [5, 5.41) is 1.68. The lowest BCUT2D eigenvalue weighted by Crippen LogP contribution is -2.35. The van der Waals surface area contributed by atoms with E-state index in [1.807, 2.05) is 43.3 Å². The largest absolute Gasteiger partial charge is 0.497 e. The third-order valence-corrected chi connectivity index (χ3v) is 5.45. The van der Waals surface area contributed by atoms with Gasteiger partial charge in [-0.25, -0.2) is 5.06 Å². The van der Waals surface area contributed by atoms with Crippen LogP contribution in [0.25, 0.3) is 0 Å². The Morgan fingerprint density at radius 1 is 1.00 bits per heavy atom. The van der Waals surface area contributed by atoms with Gasteiger partial charge < -0.3 is 9.47 Å². The molecule has 4 rings (SSSR count). The molecule has 0 N–H and O–H groups in total. The molecule has 3 unspecified atom stereocenters. The first-order chi connectivity index (χ1) is 13.5. The summed E-state index contributed by atoms with van der Waals surface area (Å²) >= 11 is 0. The fourth-order valence-corrected chi connectivity index (χ4v) is 3.95. The van der Waals surface area contributed by atoms with Crippen LogP contribution in [0.5, 0.6) is 11.5 Å². The van der Waals surface area contributed by atoms with Crippen molar-refractivity contribution >= 4 is 17.5 Å². The first-order valence-electron chi connectivity index (χ1n) is 9.03. The molecular weight excluding hydrogens is 360 g/mol. The van der Waals surface area contributed by atoms with Gasteiger partial charge in [0.2, 0.25) is 5.91 Å². The van der Waals surface area contributed by atoms with Crippen LogP contribution in [-0.2, 0) is 14.4 Å². The zero-order valence-electron chi connectivity index (χ0n) is 16.2. The van der Waals surface area contributed by atoms with E-state index in [1.165, 1.54) is 7.05 Å². The van der Waals surface area contributed by atoms with Crippen LogP contribution >= 0.6 is 0 Å². The second kappa shape index (κ2) is 6.83. The molecule has 3 atom stereocenters. The van der Waals surface area contributed by atoms with Gasteiger partial charge in [0, 0.05) is 18.7 Å². The van der Waals surface area contributed by atoms with Gasteiger partial charge in [-0.1, -0.05) is 18.2 Å². The molecule has 146 valence electrons. The molecule has 0 bridgehead atoms. The lowest BCUT2D eigenvalue weighted by Gasteiger charge is -2.30. The maximum Gasteiger partial charge on any atom is 0.261 e. The molecule has 2 aliphatic heterocycles. The van der Waals surface area contributed by atoms with Crippen LogP contribution in [-0.4, -0.2) is 44.1 Å². The number of imide groups is 1. The van der Waals surface area contributed by atoms with E-state index in [2.05, 4.69) is 0 Å². The minimum absolute atomic E-state index is 0.256. The number of para-hydroxylation sites is 1. The molecular formula is C21H22N2O5. The average Bonchev–Trinajstić information content (AvgIpc) is 3.20. The normalized spacial score (nSPS) is 23.9. The van der Waals surface area contributed by atoms with Gasteiger partial charge >= 0.3 is 0 Å². The topological polar surface area (TPSA) is 68.3 Å². The standard InChI is InChI=1S/C21H22N2O5/c1-12-7-5-6-8-15(12)23-18(14-10-9-13(26-3)11-16(14)27-4)17-19(28-23)21(25)22(2)20(17)24/h5-11,17-19H,1-4H3. The van der Waals surface area contributed by atoms with Gasteiger partial charge in [0.15, 0.2) is 6.10 Å². The van der Waals surface area contributed by atoms with E-state index in [-0.39, 0.29) is 11.8 Å². The molecule has 2 amide bonds. The van der Waals surface area contributed by atoms with Gasteiger partial charge in [-0.2, -0.15) is 0 Å². The molecule has 2 aromatic rings. The Balaban J connectivity index is 1.88. The monoisotopic (exact) mass is 382 g/mol. The minimum Gasteiger partial charge on any atom is -0.497 e. The van der Waals surface area contributed by atoms with Crippen LogP contribution in [0, 0.1) is 12.8 Å². The highest BCUT2D eigenvalue weighted by molar-refractivity contribution is 6.07. The van der Waals surface area contributed by atoms with Crippen LogP contribution in [0.2, 0.25) is 0 Å². The summed E-state index contributed by atoms with van der Waals surface area (Å²) in [5.74, 6) is -0.0247. The second-order valence-corrected chi connectivity index (χ2v) is 6.95. The highest BCUT2D eigenvalue weighted by Crippen LogP contribution is 2.49. The Morgan fingerprint density at radius 3 is 2.43 bits per heavy atom. The van der Waals surface area contributed by atoms with E-state index in [9.17, 15) is 9.59 Å². The molecule has 2 heterocycles. The van der Waals surface area contributed by atoms with Crippen LogP contribution < -0.4 is 14.5 Å². The molecule has 2 fully saturated rings. The van der Waals surface area contributed by atoms with Crippen molar-refractivity contribution in [2.45, 2.75) is 19.1 Å². The zero-order valence-corrected chi connectivity index (χ0v) is 16.2. The van der Waals surface area contributed by atoms with Gasteiger partial charge in [0.05, 0.1) is 25.9 Å². The van der Waals surface area contributed by atoms with Crippen molar-refractivity contribution in [3.8, 4) is 11.5 Å². The van der Waals surface area contributed by atoms with Crippen molar-refractivity contribution < 1.29 is 23.9 Å². The number of carbonyl (C=O) groups excluding carboxylic acids is 2. The molecule has 2 aliphatic rings. The van der Waals surface area contributed by atoms with Gasteiger partial charge in [0.1, 0.15) is 17.4 Å². The lowest BCUT2D eigenvalue weighted by atomic mass is 9.89. The predicted molar refractivity (Wildman–Crippen MR) is 102 cm³/mol. The number of benzene rings is 2. The molecule has 0 aromatic heterocycles. The van der Waals surface area contributed by atoms with Gasteiger partial charge in [0.25, 0.3) is 5.91 Å². The second-order valence-electron chi connectivity index (χ2n) is 6.95. The van der Waals surface area contributed by atoms with E-state index >= 15 is 0 Å². The number of methoxy groups -OCH3 is 2. The minimum atomic E-state index is -0.853. The number of nitrogens with zero attached hydrogens (tertiary/aromatic N) is 2. The Labute approximate surface area is 163 Å². The molecule has 0 spiro atoms. The number of aryl methyl sites for hydroxylation is 1. The third kappa shape index (κ3) is 2.62. The fraction of sp³-hybridized carbons (Fsp3) is 0.333. The number of likely N-dealkylation sites (N-methyl/N-ethyl adjacent to an activating group) is 1. The van der Waals surface area contributed by atoms with Gasteiger partial charge in [-0.15, -0.1) is 0 Å². The maximum atomic E-state index is 12.9. The molecule has 2 aromatic carbocycles. The van der Waals surface area contributed by atoms with Crippen molar-refractivity contribution in [2.75, 3.05) is 26.3 Å². The van der Waals surface area contributed by atoms with Crippen molar-refractivity contribution in [3.05, 3.63) is 53.6 Å². The summed E-state index contributed by atoms with van der Waals surface area (Å²) in [7, 11) is 4.64. The van der Waals surface area contributed by atoms with E-state index in [4.69, 9.17) is 14.3 Å². The van der Waals surface area contributed by atoms with Crippen molar-refractivity contribution in [1.82, 2.24) is 4.90 Å². The van der Waals surface area contributed by atoms with Crippen molar-refractivity contribution in [1.29, 1.82) is 0 Å².